The average Bonchev–Trinajstić information content (AvgIpc) is 3.53. The molecule has 0 aromatic rings. The van der Waals surface area contributed by atoms with Crippen LogP contribution in [0.2, 0.25) is 0 Å². The number of carbonyl (C=O) groups excluding carboxylic acids is 5. The highest BCUT2D eigenvalue weighted by Crippen LogP contribution is 2.62. The van der Waals surface area contributed by atoms with Gasteiger partial charge in [-0.25, -0.2) is 4.79 Å². The van der Waals surface area contributed by atoms with Gasteiger partial charge in [0.15, 0.2) is 0 Å². The van der Waals surface area contributed by atoms with Crippen LogP contribution in [-0.2, 0) is 66.6 Å². The topological polar surface area (TPSA) is 168 Å². The van der Waals surface area contributed by atoms with Gasteiger partial charge in [0.1, 0.15) is 32.5 Å². The number of cyclic esters (lactones) is 1. The van der Waals surface area contributed by atoms with Gasteiger partial charge in [-0.1, -0.05) is 38.2 Å². The van der Waals surface area contributed by atoms with Crippen LogP contribution in [0, 0.1) is 22.7 Å². The Balaban J connectivity index is 1.66. The highest BCUT2D eigenvalue weighted by atomic mass is 16.6. The first-order valence-electron chi connectivity index (χ1n) is 18.0. The molecule has 3 aliphatic rings. The van der Waals surface area contributed by atoms with Gasteiger partial charge in [-0.3, -0.25) is 19.2 Å². The minimum atomic E-state index is -0.823. The van der Waals surface area contributed by atoms with E-state index in [0.717, 1.165) is 5.57 Å². The van der Waals surface area contributed by atoms with Crippen LogP contribution in [-0.4, -0.2) is 116 Å². The van der Waals surface area contributed by atoms with Gasteiger partial charge >= 0.3 is 29.8 Å². The molecule has 1 aliphatic heterocycles. The number of methoxy groups -OCH3 is 2. The summed E-state index contributed by atoms with van der Waals surface area (Å²) >= 11 is 0. The molecule has 0 unspecified atom stereocenters. The third-order valence-corrected chi connectivity index (χ3v) is 10.1. The Bertz CT molecular complexity index is 1290. The lowest BCUT2D eigenvalue weighted by Gasteiger charge is -2.59. The fourth-order valence-corrected chi connectivity index (χ4v) is 7.36. The van der Waals surface area contributed by atoms with Crippen molar-refractivity contribution in [3.63, 3.8) is 0 Å². The van der Waals surface area contributed by atoms with Gasteiger partial charge < -0.3 is 42.6 Å². The molecule has 0 saturated heterocycles. The van der Waals surface area contributed by atoms with Crippen molar-refractivity contribution in [1.82, 2.24) is 0 Å². The number of hydrogen-bond acceptors (Lipinski definition) is 14. The summed E-state index contributed by atoms with van der Waals surface area (Å²) in [5, 5.41) is 0. The second-order valence-corrected chi connectivity index (χ2v) is 13.7. The molecule has 2 fully saturated rings. The van der Waals surface area contributed by atoms with Gasteiger partial charge in [0.05, 0.1) is 70.9 Å². The normalized spacial score (nSPS) is 25.6. The minimum Gasteiger partial charge on any atom is -0.465 e. The fraction of sp³-hybridized carbons (Fsp3) is 0.711. The average molecular weight is 737 g/mol. The Hall–Kier alpha value is -3.59. The summed E-state index contributed by atoms with van der Waals surface area (Å²) in [6.45, 7) is 10.9. The Morgan fingerprint density at radius 1 is 0.808 bits per heavy atom. The Kier molecular flexibility index (Phi) is 18.0. The molecular weight excluding hydrogens is 680 g/mol. The third-order valence-electron chi connectivity index (χ3n) is 10.1. The molecule has 2 saturated carbocycles. The van der Waals surface area contributed by atoms with Crippen LogP contribution < -0.4 is 0 Å². The number of ether oxygens (including phenoxy) is 9. The highest BCUT2D eigenvalue weighted by Gasteiger charge is 2.59. The van der Waals surface area contributed by atoms with Crippen LogP contribution in [0.1, 0.15) is 65.2 Å². The maximum absolute atomic E-state index is 13.1. The van der Waals surface area contributed by atoms with Gasteiger partial charge in [0.25, 0.3) is 0 Å². The summed E-state index contributed by atoms with van der Waals surface area (Å²) in [5.74, 6) is -2.79. The molecule has 2 aliphatic carbocycles. The molecule has 0 amide bonds. The minimum absolute atomic E-state index is 0.0576. The molecule has 14 heteroatoms. The number of hydrogen-bond donors (Lipinski definition) is 0. The molecule has 52 heavy (non-hydrogen) atoms. The zero-order chi connectivity index (χ0) is 38.0. The molecular formula is C38H56O14. The molecule has 5 atom stereocenters. The maximum atomic E-state index is 13.1. The van der Waals surface area contributed by atoms with Crippen molar-refractivity contribution in [2.45, 2.75) is 71.3 Å². The second kappa shape index (κ2) is 21.8. The highest BCUT2D eigenvalue weighted by molar-refractivity contribution is 5.93. The first-order chi connectivity index (χ1) is 24.9. The predicted octanol–water partition coefficient (Wildman–Crippen LogP) is 3.84. The van der Waals surface area contributed by atoms with Crippen molar-refractivity contribution < 1.29 is 66.6 Å². The van der Waals surface area contributed by atoms with Crippen LogP contribution in [0.4, 0.5) is 0 Å². The second-order valence-electron chi connectivity index (χ2n) is 13.7. The number of allylic oxidation sites excluding steroid dienone is 2. The SMILES string of the molecule is C=C1CC[C@@H]2[C@](C)(COC(=O)CCC(=O)OCCOCCOC)[C@H](OC(=O)CCC(=O)OCCOCCOC)CC[C@@]2(C)[C@@H]1/C=C/C1=CCOC1=O. The molecule has 0 radical (unpaired) electrons. The maximum Gasteiger partial charge on any atom is 0.338 e. The molecule has 292 valence electrons. The summed E-state index contributed by atoms with van der Waals surface area (Å²) in [5.41, 5.74) is 0.328. The molecule has 14 nitrogen and oxygen atoms in total. The number of esters is 5. The zero-order valence-corrected chi connectivity index (χ0v) is 31.1. The molecule has 0 aromatic carbocycles. The summed E-state index contributed by atoms with van der Waals surface area (Å²) in [6, 6.07) is 0. The van der Waals surface area contributed by atoms with Crippen molar-refractivity contribution in [3.05, 3.63) is 36.0 Å². The smallest absolute Gasteiger partial charge is 0.338 e. The molecule has 3 rings (SSSR count). The largest absolute Gasteiger partial charge is 0.465 e. The molecule has 0 N–H and O–H groups in total. The molecule has 0 aromatic heterocycles. The van der Waals surface area contributed by atoms with Crippen LogP contribution in [0.15, 0.2) is 36.0 Å². The van der Waals surface area contributed by atoms with E-state index in [9.17, 15) is 24.0 Å². The Morgan fingerprint density at radius 2 is 1.37 bits per heavy atom. The van der Waals surface area contributed by atoms with Crippen LogP contribution in [0.3, 0.4) is 0 Å². The Morgan fingerprint density at radius 3 is 1.92 bits per heavy atom. The van der Waals surface area contributed by atoms with E-state index >= 15 is 0 Å². The van der Waals surface area contributed by atoms with Crippen molar-refractivity contribution in [2.24, 2.45) is 22.7 Å². The Labute approximate surface area is 306 Å². The van der Waals surface area contributed by atoms with Crippen LogP contribution in [0.5, 0.6) is 0 Å². The zero-order valence-electron chi connectivity index (χ0n) is 31.1. The van der Waals surface area contributed by atoms with E-state index in [1.807, 2.05) is 13.0 Å². The fourth-order valence-electron chi connectivity index (χ4n) is 7.36. The van der Waals surface area contributed by atoms with Gasteiger partial charge in [-0.15, -0.1) is 0 Å². The third kappa shape index (κ3) is 12.8. The van der Waals surface area contributed by atoms with E-state index in [-0.39, 0.29) is 88.5 Å². The quantitative estimate of drug-likeness (QED) is 0.0642. The van der Waals surface area contributed by atoms with E-state index in [0.29, 0.717) is 57.7 Å². The molecule has 1 heterocycles. The summed E-state index contributed by atoms with van der Waals surface area (Å²) in [4.78, 5) is 62.7. The van der Waals surface area contributed by atoms with E-state index in [2.05, 4.69) is 13.5 Å². The molecule has 0 bridgehead atoms. The van der Waals surface area contributed by atoms with Crippen molar-refractivity contribution >= 4 is 29.8 Å². The standard InChI is InChI=1S/C38H56O14/c1-27-6-9-30-37(2,29(27)8-7-28-15-17-50-36(28)43)16-14-31(52-35(42)13-12-33(40)49-25-23-47-21-19-45-5)38(30,3)26-51-34(41)11-10-32(39)48-24-22-46-20-18-44-4/h7-8,15,29-31H,1,6,9-14,16-26H2,2-5H3/b8-7+/t29-,30+,31-,37+,38+/m1/s1. The van der Waals surface area contributed by atoms with Crippen molar-refractivity contribution in [2.75, 3.05) is 80.3 Å². The summed E-state index contributed by atoms with van der Waals surface area (Å²) in [6.07, 6.45) is 6.78. The number of rotatable bonds is 23. The lowest BCUT2D eigenvalue weighted by atomic mass is 9.46. The van der Waals surface area contributed by atoms with Gasteiger partial charge in [0.2, 0.25) is 0 Å². The summed E-state index contributed by atoms with van der Waals surface area (Å²) in [7, 11) is 3.12. The van der Waals surface area contributed by atoms with Gasteiger partial charge in [-0.2, -0.15) is 0 Å². The van der Waals surface area contributed by atoms with Crippen LogP contribution >= 0.6 is 0 Å². The first kappa shape index (κ1) is 42.8. The van der Waals surface area contributed by atoms with E-state index in [1.165, 1.54) is 0 Å². The van der Waals surface area contributed by atoms with E-state index in [1.54, 1.807) is 26.4 Å². The summed E-state index contributed by atoms with van der Waals surface area (Å²) < 4.78 is 47.6. The van der Waals surface area contributed by atoms with E-state index in [4.69, 9.17) is 42.6 Å². The first-order valence-corrected chi connectivity index (χ1v) is 18.0. The lowest BCUT2D eigenvalue weighted by molar-refractivity contribution is -0.192. The van der Waals surface area contributed by atoms with Crippen LogP contribution in [0.25, 0.3) is 0 Å². The van der Waals surface area contributed by atoms with Gasteiger partial charge in [0, 0.05) is 25.6 Å². The monoisotopic (exact) mass is 736 g/mol. The van der Waals surface area contributed by atoms with Gasteiger partial charge in [-0.05, 0) is 43.1 Å². The van der Waals surface area contributed by atoms with Crippen molar-refractivity contribution in [3.8, 4) is 0 Å². The predicted molar refractivity (Wildman–Crippen MR) is 186 cm³/mol. The molecule has 0 spiro atoms. The van der Waals surface area contributed by atoms with Crippen molar-refractivity contribution in [1.29, 1.82) is 0 Å². The van der Waals surface area contributed by atoms with E-state index < -0.39 is 35.4 Å². The number of carbonyl (C=O) groups is 5. The lowest BCUT2D eigenvalue weighted by Crippen LogP contribution is -2.58. The number of fused-ring (bicyclic) bond motifs is 1.